The number of terminal acetylenes is 1. The lowest BCUT2D eigenvalue weighted by molar-refractivity contribution is 1.62. The maximum atomic E-state index is 4.00. The van der Waals surface area contributed by atoms with Crippen molar-refractivity contribution >= 4 is 0 Å². The molecule has 126 valence electrons. The second-order valence-corrected chi connectivity index (χ2v) is 5.46. The van der Waals surface area contributed by atoms with Gasteiger partial charge in [0.05, 0.1) is 0 Å². The molecule has 26 heavy (non-hydrogen) atoms. The van der Waals surface area contributed by atoms with E-state index in [0.717, 1.165) is 0 Å². The van der Waals surface area contributed by atoms with Gasteiger partial charge in [0.15, 0.2) is 0 Å². The fraction of sp³-hybridized carbons (Fsp3) is 0. The van der Waals surface area contributed by atoms with Crippen LogP contribution in [0.15, 0.2) is 121 Å². The molecule has 0 amide bonds. The standard InChI is InChI=1S/2C12H10.C2H2/c2*1-3-7-11(8-4-1)12-9-5-2-6-10-12;1-2/h2*1-10H;1-2H. The first-order chi connectivity index (χ1) is 12.9. The van der Waals surface area contributed by atoms with E-state index >= 15 is 0 Å². The highest BCUT2D eigenvalue weighted by Gasteiger charge is 1.92. The van der Waals surface area contributed by atoms with Gasteiger partial charge in [-0.25, -0.2) is 0 Å². The van der Waals surface area contributed by atoms with E-state index in [2.05, 4.69) is 110 Å². The van der Waals surface area contributed by atoms with Crippen LogP contribution in [0.25, 0.3) is 22.3 Å². The molecular weight excluding hydrogens is 312 g/mol. The van der Waals surface area contributed by atoms with Gasteiger partial charge in [0, 0.05) is 0 Å². The molecule has 0 saturated heterocycles. The van der Waals surface area contributed by atoms with Crippen molar-refractivity contribution in [1.82, 2.24) is 0 Å². The molecule has 0 unspecified atom stereocenters. The maximum absolute atomic E-state index is 4.00. The van der Waals surface area contributed by atoms with Crippen LogP contribution in [0.3, 0.4) is 0 Å². The summed E-state index contributed by atoms with van der Waals surface area (Å²) in [6.45, 7) is 0. The molecule has 0 atom stereocenters. The van der Waals surface area contributed by atoms with Gasteiger partial charge in [-0.15, -0.1) is 12.8 Å². The van der Waals surface area contributed by atoms with Gasteiger partial charge in [-0.2, -0.15) is 0 Å². The highest BCUT2D eigenvalue weighted by atomic mass is 14.0. The smallest absolute Gasteiger partial charge is 0.0184 e. The Morgan fingerprint density at radius 2 is 0.423 bits per heavy atom. The number of benzene rings is 4. The zero-order valence-electron chi connectivity index (χ0n) is 14.7. The van der Waals surface area contributed by atoms with Crippen LogP contribution in [0, 0.1) is 12.8 Å². The highest BCUT2D eigenvalue weighted by Crippen LogP contribution is 2.18. The van der Waals surface area contributed by atoms with Gasteiger partial charge < -0.3 is 0 Å². The molecule has 4 aromatic carbocycles. The van der Waals surface area contributed by atoms with Crippen molar-refractivity contribution in [3.63, 3.8) is 0 Å². The molecule has 0 fully saturated rings. The average Bonchev–Trinajstić information content (AvgIpc) is 2.78. The SMILES string of the molecule is C#C.c1ccc(-c2ccccc2)cc1.c1ccc(-c2ccccc2)cc1. The Morgan fingerprint density at radius 3 is 0.577 bits per heavy atom. The third kappa shape index (κ3) is 5.82. The van der Waals surface area contributed by atoms with Crippen LogP contribution in [0.4, 0.5) is 0 Å². The molecule has 0 radical (unpaired) electrons. The second-order valence-electron chi connectivity index (χ2n) is 5.46. The summed E-state index contributed by atoms with van der Waals surface area (Å²) in [5, 5.41) is 0. The largest absolute Gasteiger partial charge is 0.124 e. The molecule has 0 nitrogen and oxygen atoms in total. The van der Waals surface area contributed by atoms with E-state index in [1.54, 1.807) is 0 Å². The van der Waals surface area contributed by atoms with Crippen LogP contribution in [-0.2, 0) is 0 Å². The Kier molecular flexibility index (Phi) is 8.00. The highest BCUT2D eigenvalue weighted by molar-refractivity contribution is 5.63. The molecule has 0 heterocycles. The summed E-state index contributed by atoms with van der Waals surface area (Å²) in [5.74, 6) is 0. The molecule has 0 aliphatic heterocycles. The summed E-state index contributed by atoms with van der Waals surface area (Å²) in [7, 11) is 0. The fourth-order valence-electron chi connectivity index (χ4n) is 2.52. The summed E-state index contributed by atoms with van der Waals surface area (Å²) < 4.78 is 0. The van der Waals surface area contributed by atoms with E-state index in [9.17, 15) is 0 Å². The number of hydrogen-bond acceptors (Lipinski definition) is 0. The first-order valence-corrected chi connectivity index (χ1v) is 8.48. The summed E-state index contributed by atoms with van der Waals surface area (Å²) in [4.78, 5) is 0. The lowest BCUT2D eigenvalue weighted by Gasteiger charge is -1.98. The summed E-state index contributed by atoms with van der Waals surface area (Å²) >= 11 is 0. The number of hydrogen-bond donors (Lipinski definition) is 0. The minimum Gasteiger partial charge on any atom is -0.124 e. The topological polar surface area (TPSA) is 0 Å². The summed E-state index contributed by atoms with van der Waals surface area (Å²) in [6, 6.07) is 41.6. The monoisotopic (exact) mass is 334 g/mol. The average molecular weight is 334 g/mol. The predicted octanol–water partition coefficient (Wildman–Crippen LogP) is 6.96. The van der Waals surface area contributed by atoms with Crippen LogP contribution in [0.2, 0.25) is 0 Å². The van der Waals surface area contributed by atoms with Crippen molar-refractivity contribution in [3.8, 4) is 35.1 Å². The fourth-order valence-corrected chi connectivity index (χ4v) is 2.52. The Balaban J connectivity index is 0.000000171. The van der Waals surface area contributed by atoms with Gasteiger partial charge in [0.2, 0.25) is 0 Å². The first kappa shape index (κ1) is 18.8. The van der Waals surface area contributed by atoms with E-state index in [1.807, 2.05) is 24.3 Å². The van der Waals surface area contributed by atoms with Crippen molar-refractivity contribution in [3.05, 3.63) is 121 Å². The van der Waals surface area contributed by atoms with Crippen molar-refractivity contribution in [2.24, 2.45) is 0 Å². The predicted molar refractivity (Wildman–Crippen MR) is 114 cm³/mol. The Hall–Kier alpha value is -3.56. The molecule has 0 heteroatoms. The first-order valence-electron chi connectivity index (χ1n) is 8.48. The van der Waals surface area contributed by atoms with E-state index in [1.165, 1.54) is 22.3 Å². The Morgan fingerprint density at radius 1 is 0.269 bits per heavy atom. The lowest BCUT2D eigenvalue weighted by atomic mass is 10.1. The normalized spacial score (nSPS) is 9.00. The van der Waals surface area contributed by atoms with Crippen LogP contribution < -0.4 is 0 Å². The molecule has 0 N–H and O–H groups in total. The van der Waals surface area contributed by atoms with E-state index in [-0.39, 0.29) is 0 Å². The van der Waals surface area contributed by atoms with E-state index in [0.29, 0.717) is 0 Å². The van der Waals surface area contributed by atoms with Gasteiger partial charge in [-0.3, -0.25) is 0 Å². The van der Waals surface area contributed by atoms with E-state index in [4.69, 9.17) is 0 Å². The van der Waals surface area contributed by atoms with Crippen molar-refractivity contribution in [2.45, 2.75) is 0 Å². The lowest BCUT2D eigenvalue weighted by Crippen LogP contribution is -1.73. The van der Waals surface area contributed by atoms with Gasteiger partial charge >= 0.3 is 0 Å². The van der Waals surface area contributed by atoms with Gasteiger partial charge in [0.1, 0.15) is 0 Å². The third-order valence-electron chi connectivity index (χ3n) is 3.76. The summed E-state index contributed by atoms with van der Waals surface area (Å²) in [5.41, 5.74) is 5.10. The van der Waals surface area contributed by atoms with Gasteiger partial charge in [-0.05, 0) is 22.3 Å². The minimum absolute atomic E-state index is 1.28. The molecule has 0 spiro atoms. The van der Waals surface area contributed by atoms with Crippen molar-refractivity contribution < 1.29 is 0 Å². The zero-order chi connectivity index (χ0) is 18.5. The minimum atomic E-state index is 1.28. The molecule has 0 bridgehead atoms. The van der Waals surface area contributed by atoms with Crippen LogP contribution in [0.1, 0.15) is 0 Å². The van der Waals surface area contributed by atoms with Crippen LogP contribution in [-0.4, -0.2) is 0 Å². The van der Waals surface area contributed by atoms with Crippen LogP contribution in [0.5, 0.6) is 0 Å². The van der Waals surface area contributed by atoms with Gasteiger partial charge in [0.25, 0.3) is 0 Å². The van der Waals surface area contributed by atoms with Crippen molar-refractivity contribution in [1.29, 1.82) is 0 Å². The zero-order valence-corrected chi connectivity index (χ0v) is 14.7. The molecule has 4 aromatic rings. The Bertz CT molecular complexity index is 711. The quantitative estimate of drug-likeness (QED) is 0.348. The maximum Gasteiger partial charge on any atom is -0.0184 e. The molecule has 0 aliphatic carbocycles. The molecule has 0 saturated carbocycles. The number of rotatable bonds is 2. The Labute approximate surface area is 156 Å². The molecule has 0 aromatic heterocycles. The van der Waals surface area contributed by atoms with Crippen LogP contribution >= 0.6 is 0 Å². The molecule has 4 rings (SSSR count). The third-order valence-corrected chi connectivity index (χ3v) is 3.76. The van der Waals surface area contributed by atoms with Crippen molar-refractivity contribution in [2.75, 3.05) is 0 Å². The summed E-state index contributed by atoms with van der Waals surface area (Å²) in [6.07, 6.45) is 8.00. The van der Waals surface area contributed by atoms with Gasteiger partial charge in [-0.1, -0.05) is 121 Å². The second kappa shape index (κ2) is 11.1. The molecule has 0 aliphatic rings. The molecular formula is C26H22. The van der Waals surface area contributed by atoms with E-state index < -0.39 is 0 Å².